The van der Waals surface area contributed by atoms with Crippen LogP contribution in [0.2, 0.25) is 0 Å². The molecule has 4 rings (SSSR count). The van der Waals surface area contributed by atoms with Crippen molar-refractivity contribution in [1.29, 1.82) is 0 Å². The first-order valence-corrected chi connectivity index (χ1v) is 8.78. The first kappa shape index (κ1) is 15.4. The van der Waals surface area contributed by atoms with Crippen LogP contribution in [-0.4, -0.2) is 38.1 Å². The second-order valence-corrected chi connectivity index (χ2v) is 7.09. The lowest BCUT2D eigenvalue weighted by atomic mass is 10.1. The molecule has 0 fully saturated rings. The molecule has 126 valence electrons. The molecule has 3 heterocycles. The van der Waals surface area contributed by atoms with E-state index in [2.05, 4.69) is 36.0 Å². The van der Waals surface area contributed by atoms with Gasteiger partial charge in [0.15, 0.2) is 5.69 Å². The lowest BCUT2D eigenvalue weighted by Gasteiger charge is -2.23. The highest BCUT2D eigenvalue weighted by Gasteiger charge is 2.27. The molecular weight excluding hydrogens is 300 g/mol. The maximum atomic E-state index is 12.9. The van der Waals surface area contributed by atoms with Crippen LogP contribution in [0.4, 0.5) is 0 Å². The molecule has 0 unspecified atom stereocenters. The van der Waals surface area contributed by atoms with Crippen LogP contribution >= 0.6 is 0 Å². The monoisotopic (exact) mass is 324 g/mol. The number of carbonyl (C=O) groups is 1. The maximum absolute atomic E-state index is 12.9. The number of carbonyl (C=O) groups excluding carboxylic acids is 1. The van der Waals surface area contributed by atoms with Crippen LogP contribution in [0.25, 0.3) is 0 Å². The standard InChI is InChI=1S/C19H24N4O/c1-14(2)21-8-5-9-23-17(13-21)10-18(20-23)19(24)22-11-15-6-3-4-7-16(15)12-22/h3-4,6-7,10,14H,5,8-9,11-13H2,1-2H3. The van der Waals surface area contributed by atoms with Gasteiger partial charge in [-0.3, -0.25) is 14.4 Å². The molecule has 1 aromatic heterocycles. The molecule has 0 atom stereocenters. The fraction of sp³-hybridized carbons (Fsp3) is 0.474. The number of nitrogens with zero attached hydrogens (tertiary/aromatic N) is 4. The van der Waals surface area contributed by atoms with E-state index in [9.17, 15) is 4.79 Å². The normalized spacial score (nSPS) is 17.7. The summed E-state index contributed by atoms with van der Waals surface area (Å²) < 4.78 is 2.03. The van der Waals surface area contributed by atoms with Crippen molar-refractivity contribution in [3.8, 4) is 0 Å². The van der Waals surface area contributed by atoms with Gasteiger partial charge in [0.25, 0.3) is 5.91 Å². The summed E-state index contributed by atoms with van der Waals surface area (Å²) in [6.07, 6.45) is 1.08. The Morgan fingerprint density at radius 3 is 2.46 bits per heavy atom. The second-order valence-electron chi connectivity index (χ2n) is 7.09. The number of amides is 1. The molecule has 24 heavy (non-hydrogen) atoms. The van der Waals surface area contributed by atoms with Crippen LogP contribution in [-0.2, 0) is 26.2 Å². The third kappa shape index (κ3) is 2.73. The van der Waals surface area contributed by atoms with E-state index in [4.69, 9.17) is 0 Å². The average Bonchev–Trinajstić information content (AvgIpc) is 3.12. The molecule has 5 nitrogen and oxygen atoms in total. The minimum Gasteiger partial charge on any atom is -0.329 e. The molecule has 0 saturated carbocycles. The minimum atomic E-state index is 0.0443. The molecule has 0 saturated heterocycles. The second kappa shape index (κ2) is 6.06. The Morgan fingerprint density at radius 2 is 1.79 bits per heavy atom. The highest BCUT2D eigenvalue weighted by molar-refractivity contribution is 5.92. The number of rotatable bonds is 2. The van der Waals surface area contributed by atoms with Crippen molar-refractivity contribution in [1.82, 2.24) is 19.6 Å². The summed E-state index contributed by atoms with van der Waals surface area (Å²) >= 11 is 0. The summed E-state index contributed by atoms with van der Waals surface area (Å²) in [4.78, 5) is 17.2. The summed E-state index contributed by atoms with van der Waals surface area (Å²) in [5.41, 5.74) is 4.24. The van der Waals surface area contributed by atoms with Crippen molar-refractivity contribution in [2.24, 2.45) is 0 Å². The van der Waals surface area contributed by atoms with Crippen molar-refractivity contribution in [2.75, 3.05) is 6.54 Å². The average molecular weight is 324 g/mol. The van der Waals surface area contributed by atoms with Gasteiger partial charge >= 0.3 is 0 Å². The van der Waals surface area contributed by atoms with Gasteiger partial charge in [-0.2, -0.15) is 5.10 Å². The van der Waals surface area contributed by atoms with Crippen molar-refractivity contribution in [3.63, 3.8) is 0 Å². The van der Waals surface area contributed by atoms with E-state index >= 15 is 0 Å². The predicted molar refractivity (Wildman–Crippen MR) is 92.4 cm³/mol. The summed E-state index contributed by atoms with van der Waals surface area (Å²) in [6.45, 7) is 8.68. The lowest BCUT2D eigenvalue weighted by Crippen LogP contribution is -2.30. The largest absolute Gasteiger partial charge is 0.329 e. The van der Waals surface area contributed by atoms with E-state index < -0.39 is 0 Å². The first-order chi connectivity index (χ1) is 11.6. The fourth-order valence-electron chi connectivity index (χ4n) is 3.67. The minimum absolute atomic E-state index is 0.0443. The van der Waals surface area contributed by atoms with Crippen molar-refractivity contribution < 1.29 is 4.79 Å². The van der Waals surface area contributed by atoms with E-state index in [0.717, 1.165) is 31.7 Å². The highest BCUT2D eigenvalue weighted by atomic mass is 16.2. The zero-order chi connectivity index (χ0) is 16.7. The molecule has 0 bridgehead atoms. The summed E-state index contributed by atoms with van der Waals surface area (Å²) in [6, 6.07) is 10.8. The van der Waals surface area contributed by atoms with Gasteiger partial charge in [-0.1, -0.05) is 24.3 Å². The zero-order valence-corrected chi connectivity index (χ0v) is 14.4. The van der Waals surface area contributed by atoms with Gasteiger partial charge in [0.2, 0.25) is 0 Å². The Bertz CT molecular complexity index is 739. The van der Waals surface area contributed by atoms with Crippen LogP contribution in [0.3, 0.4) is 0 Å². The maximum Gasteiger partial charge on any atom is 0.274 e. The Morgan fingerprint density at radius 1 is 1.08 bits per heavy atom. The molecule has 5 heteroatoms. The van der Waals surface area contributed by atoms with Crippen LogP contribution in [0, 0.1) is 0 Å². The van der Waals surface area contributed by atoms with Crippen molar-refractivity contribution in [2.45, 2.75) is 52.5 Å². The fourth-order valence-corrected chi connectivity index (χ4v) is 3.67. The topological polar surface area (TPSA) is 41.4 Å². The van der Waals surface area contributed by atoms with Crippen LogP contribution in [0.15, 0.2) is 30.3 Å². The summed E-state index contributed by atoms with van der Waals surface area (Å²) in [5, 5.41) is 4.61. The van der Waals surface area contributed by atoms with E-state index in [-0.39, 0.29) is 5.91 Å². The van der Waals surface area contributed by atoms with Gasteiger partial charge in [0, 0.05) is 38.8 Å². The van der Waals surface area contributed by atoms with E-state index in [1.54, 1.807) is 0 Å². The van der Waals surface area contributed by atoms with Gasteiger partial charge in [-0.25, -0.2) is 0 Å². The number of aryl methyl sites for hydroxylation is 1. The molecular formula is C19H24N4O. The molecule has 0 spiro atoms. The van der Waals surface area contributed by atoms with E-state index in [1.807, 2.05) is 27.8 Å². The predicted octanol–water partition coefficient (Wildman–Crippen LogP) is 2.65. The number of fused-ring (bicyclic) bond motifs is 2. The lowest BCUT2D eigenvalue weighted by molar-refractivity contribution is 0.0744. The van der Waals surface area contributed by atoms with Crippen LogP contribution in [0.5, 0.6) is 0 Å². The van der Waals surface area contributed by atoms with Crippen LogP contribution < -0.4 is 0 Å². The summed E-state index contributed by atoms with van der Waals surface area (Å²) in [5.74, 6) is 0.0443. The highest BCUT2D eigenvalue weighted by Crippen LogP contribution is 2.24. The molecule has 2 aromatic rings. The van der Waals surface area contributed by atoms with Gasteiger partial charge in [-0.15, -0.1) is 0 Å². The van der Waals surface area contributed by atoms with E-state index in [1.165, 1.54) is 11.1 Å². The third-order valence-corrected chi connectivity index (χ3v) is 5.12. The molecule has 0 aliphatic carbocycles. The Labute approximate surface area is 142 Å². The molecule has 2 aliphatic heterocycles. The van der Waals surface area contributed by atoms with Gasteiger partial charge < -0.3 is 4.90 Å². The number of hydrogen-bond acceptors (Lipinski definition) is 3. The Hall–Kier alpha value is -2.14. The number of benzene rings is 1. The molecule has 1 aromatic carbocycles. The number of aromatic nitrogens is 2. The van der Waals surface area contributed by atoms with Crippen LogP contribution in [0.1, 0.15) is 47.6 Å². The molecule has 1 amide bonds. The first-order valence-electron chi connectivity index (χ1n) is 8.78. The van der Waals surface area contributed by atoms with Gasteiger partial charge in [0.1, 0.15) is 0 Å². The van der Waals surface area contributed by atoms with Crippen molar-refractivity contribution in [3.05, 3.63) is 52.8 Å². The van der Waals surface area contributed by atoms with Crippen molar-refractivity contribution >= 4 is 5.91 Å². The Balaban J connectivity index is 1.54. The summed E-state index contributed by atoms with van der Waals surface area (Å²) in [7, 11) is 0. The van der Waals surface area contributed by atoms with E-state index in [0.29, 0.717) is 24.8 Å². The number of hydrogen-bond donors (Lipinski definition) is 0. The Kier molecular flexibility index (Phi) is 3.88. The molecule has 2 aliphatic rings. The van der Waals surface area contributed by atoms with Gasteiger partial charge in [-0.05, 0) is 37.5 Å². The quantitative estimate of drug-likeness (QED) is 0.853. The smallest absolute Gasteiger partial charge is 0.274 e. The molecule has 0 N–H and O–H groups in total. The van der Waals surface area contributed by atoms with Gasteiger partial charge in [0.05, 0.1) is 5.69 Å². The zero-order valence-electron chi connectivity index (χ0n) is 14.4. The third-order valence-electron chi connectivity index (χ3n) is 5.12. The molecule has 0 radical (unpaired) electrons. The SMILES string of the molecule is CC(C)N1CCCn2nc(C(=O)N3Cc4ccccc4C3)cc2C1.